The van der Waals surface area contributed by atoms with Crippen LogP contribution in [-0.2, 0) is 14.3 Å². The van der Waals surface area contributed by atoms with Crippen molar-refractivity contribution in [2.24, 2.45) is 28.6 Å². The minimum absolute atomic E-state index is 0.00152. The van der Waals surface area contributed by atoms with Crippen LogP contribution in [0.1, 0.15) is 59.8 Å². The number of aliphatic hydroxyl groups is 1. The Kier molecular flexibility index (Phi) is 5.04. The van der Waals surface area contributed by atoms with Gasteiger partial charge in [0.15, 0.2) is 11.5 Å². The highest BCUT2D eigenvalue weighted by Crippen LogP contribution is 2.69. The van der Waals surface area contributed by atoms with Gasteiger partial charge in [-0.25, -0.2) is 8.78 Å². The molecule has 4 aliphatic rings. The van der Waals surface area contributed by atoms with E-state index < -0.39 is 40.8 Å². The number of carbonyl (C=O) groups excluding carboxylic acids is 2. The monoisotopic (exact) mass is 422 g/mol. The lowest BCUT2D eigenvalue weighted by molar-refractivity contribution is -0.212. The molecule has 0 radical (unpaired) electrons. The van der Waals surface area contributed by atoms with Crippen molar-refractivity contribution in [3.05, 3.63) is 23.8 Å². The first-order chi connectivity index (χ1) is 14.0. The van der Waals surface area contributed by atoms with Gasteiger partial charge in [-0.1, -0.05) is 26.8 Å². The molecule has 0 aromatic rings. The number of allylic oxidation sites excluding steroid dienone is 4. The molecule has 4 rings (SSSR count). The van der Waals surface area contributed by atoms with Crippen molar-refractivity contribution in [2.45, 2.75) is 83.8 Å². The van der Waals surface area contributed by atoms with E-state index in [0.29, 0.717) is 19.3 Å². The maximum atomic E-state index is 16.9. The Morgan fingerprint density at radius 1 is 1.30 bits per heavy atom. The third-order valence-electron chi connectivity index (χ3n) is 8.57. The Morgan fingerprint density at radius 2 is 2.00 bits per heavy atom. The molecule has 9 atom stereocenters. The van der Waals surface area contributed by atoms with E-state index in [1.807, 2.05) is 20.8 Å². The van der Waals surface area contributed by atoms with E-state index in [4.69, 9.17) is 4.74 Å². The van der Waals surface area contributed by atoms with Gasteiger partial charge in [0.05, 0.1) is 6.10 Å². The molecule has 4 aliphatic carbocycles. The summed E-state index contributed by atoms with van der Waals surface area (Å²) in [6.07, 6.45) is 2.42. The Balaban J connectivity index is 1.75. The van der Waals surface area contributed by atoms with Gasteiger partial charge in [0.2, 0.25) is 0 Å². The lowest BCUT2D eigenvalue weighted by Crippen LogP contribution is -2.68. The predicted octanol–water partition coefficient (Wildman–Crippen LogP) is 4.26. The standard InChI is InChI=1S/C24H32F2O4/c1-5-6-20(29)30-21-13(2)9-15-16-11-18(25)17-10-14(27)7-8-23(17,4)24(16,26)19(28)12-22(15,21)3/h7-8,10,13,15-16,18-19,21,28H,5-6,9,11-12H2,1-4H3/t13-,15-,16-,18-,19-,21+,22-,23-,24-/m0/s1. The normalized spacial score (nSPS) is 49.7. The molecule has 0 unspecified atom stereocenters. The number of aliphatic hydroxyl groups excluding tert-OH is 1. The van der Waals surface area contributed by atoms with Crippen LogP contribution < -0.4 is 0 Å². The van der Waals surface area contributed by atoms with Crippen molar-refractivity contribution in [3.8, 4) is 0 Å². The Bertz CT molecular complexity index is 822. The zero-order chi connectivity index (χ0) is 22.1. The van der Waals surface area contributed by atoms with E-state index in [9.17, 15) is 14.7 Å². The molecule has 0 saturated heterocycles. The number of halogens is 2. The third kappa shape index (κ3) is 2.71. The van der Waals surface area contributed by atoms with Crippen LogP contribution in [0.25, 0.3) is 0 Å². The number of ketones is 1. The van der Waals surface area contributed by atoms with Gasteiger partial charge < -0.3 is 9.84 Å². The molecule has 3 fully saturated rings. The summed E-state index contributed by atoms with van der Waals surface area (Å²) < 4.78 is 38.1. The molecule has 0 spiro atoms. The fraction of sp³-hybridized carbons (Fsp3) is 0.750. The lowest BCUT2D eigenvalue weighted by atomic mass is 9.45. The molecule has 6 heteroatoms. The zero-order valence-electron chi connectivity index (χ0n) is 18.2. The summed E-state index contributed by atoms with van der Waals surface area (Å²) in [4.78, 5) is 24.1. The van der Waals surface area contributed by atoms with E-state index in [-0.39, 0.29) is 42.0 Å². The highest BCUT2D eigenvalue weighted by molar-refractivity contribution is 6.01. The van der Waals surface area contributed by atoms with Gasteiger partial charge in [-0.15, -0.1) is 0 Å². The second kappa shape index (κ2) is 6.98. The average Bonchev–Trinajstić information content (AvgIpc) is 2.90. The van der Waals surface area contributed by atoms with Crippen molar-refractivity contribution in [1.82, 2.24) is 0 Å². The molecule has 3 saturated carbocycles. The minimum atomic E-state index is -2.08. The molecule has 166 valence electrons. The second-order valence-electron chi connectivity index (χ2n) is 10.3. The van der Waals surface area contributed by atoms with E-state index in [2.05, 4.69) is 0 Å². The first-order valence-electron chi connectivity index (χ1n) is 11.1. The Morgan fingerprint density at radius 3 is 2.67 bits per heavy atom. The van der Waals surface area contributed by atoms with Crippen LogP contribution in [0.5, 0.6) is 0 Å². The number of hydrogen-bond donors (Lipinski definition) is 1. The van der Waals surface area contributed by atoms with E-state index >= 15 is 8.78 Å². The maximum Gasteiger partial charge on any atom is 0.306 e. The van der Waals surface area contributed by atoms with Crippen LogP contribution in [0.15, 0.2) is 23.8 Å². The van der Waals surface area contributed by atoms with Crippen molar-refractivity contribution >= 4 is 11.8 Å². The van der Waals surface area contributed by atoms with Gasteiger partial charge in [-0.2, -0.15) is 0 Å². The van der Waals surface area contributed by atoms with Crippen LogP contribution in [0.2, 0.25) is 0 Å². The summed E-state index contributed by atoms with van der Waals surface area (Å²) in [5.41, 5.74) is -3.93. The van der Waals surface area contributed by atoms with E-state index in [0.717, 1.165) is 0 Å². The molecule has 0 aromatic heterocycles. The summed E-state index contributed by atoms with van der Waals surface area (Å²) in [5.74, 6) is -1.57. The van der Waals surface area contributed by atoms with Crippen molar-refractivity contribution in [2.75, 3.05) is 0 Å². The Hall–Kier alpha value is -1.56. The largest absolute Gasteiger partial charge is 0.461 e. The number of carbonyl (C=O) groups is 2. The zero-order valence-corrected chi connectivity index (χ0v) is 18.2. The third-order valence-corrected chi connectivity index (χ3v) is 8.57. The molecule has 1 N–H and O–H groups in total. The van der Waals surface area contributed by atoms with Crippen LogP contribution in [0.3, 0.4) is 0 Å². The van der Waals surface area contributed by atoms with Crippen molar-refractivity contribution < 1.29 is 28.2 Å². The first kappa shape index (κ1) is 21.7. The molecule has 0 amide bonds. The molecular weight excluding hydrogens is 390 g/mol. The van der Waals surface area contributed by atoms with E-state index in [1.165, 1.54) is 18.2 Å². The van der Waals surface area contributed by atoms with Crippen molar-refractivity contribution in [1.29, 1.82) is 0 Å². The quantitative estimate of drug-likeness (QED) is 0.690. The average molecular weight is 423 g/mol. The van der Waals surface area contributed by atoms with Crippen LogP contribution >= 0.6 is 0 Å². The van der Waals surface area contributed by atoms with Gasteiger partial charge >= 0.3 is 5.97 Å². The number of ether oxygens (including phenoxy) is 1. The maximum absolute atomic E-state index is 16.9. The molecular formula is C24H32F2O4. The molecule has 0 aromatic carbocycles. The van der Waals surface area contributed by atoms with Crippen LogP contribution in [-0.4, -0.2) is 40.9 Å². The molecule has 0 heterocycles. The summed E-state index contributed by atoms with van der Waals surface area (Å²) in [7, 11) is 0. The van der Waals surface area contributed by atoms with Gasteiger partial charge in [0, 0.05) is 23.2 Å². The number of fused-ring (bicyclic) bond motifs is 5. The number of alkyl halides is 2. The smallest absolute Gasteiger partial charge is 0.306 e. The van der Waals surface area contributed by atoms with Crippen LogP contribution in [0.4, 0.5) is 8.78 Å². The molecule has 0 bridgehead atoms. The van der Waals surface area contributed by atoms with Crippen LogP contribution in [0, 0.1) is 28.6 Å². The SMILES string of the molecule is CCCC(=O)O[C@@H]1[C@@H](C)C[C@H]2[C@@H]3C[C@H](F)C4=CC(=O)C=C[C@]4(C)[C@@]3(F)[C@@H](O)C[C@]12C. The van der Waals surface area contributed by atoms with Gasteiger partial charge in [-0.3, -0.25) is 9.59 Å². The summed E-state index contributed by atoms with van der Waals surface area (Å²) in [5, 5.41) is 11.2. The highest BCUT2D eigenvalue weighted by Gasteiger charge is 2.73. The Labute approximate surface area is 176 Å². The molecule has 30 heavy (non-hydrogen) atoms. The fourth-order valence-electron chi connectivity index (χ4n) is 7.18. The number of rotatable bonds is 3. The van der Waals surface area contributed by atoms with Crippen molar-refractivity contribution in [3.63, 3.8) is 0 Å². The van der Waals surface area contributed by atoms with Gasteiger partial charge in [0.25, 0.3) is 0 Å². The second-order valence-corrected chi connectivity index (χ2v) is 10.3. The highest BCUT2D eigenvalue weighted by atomic mass is 19.1. The lowest BCUT2D eigenvalue weighted by Gasteiger charge is -2.62. The fourth-order valence-corrected chi connectivity index (χ4v) is 7.18. The number of esters is 1. The topological polar surface area (TPSA) is 63.6 Å². The van der Waals surface area contributed by atoms with Gasteiger partial charge in [-0.05, 0) is 62.2 Å². The van der Waals surface area contributed by atoms with Gasteiger partial charge in [0.1, 0.15) is 12.3 Å². The minimum Gasteiger partial charge on any atom is -0.461 e. The van der Waals surface area contributed by atoms with E-state index in [1.54, 1.807) is 6.92 Å². The summed E-state index contributed by atoms with van der Waals surface area (Å²) in [6, 6.07) is 0. The molecule has 0 aliphatic heterocycles. The first-order valence-corrected chi connectivity index (χ1v) is 11.1. The summed E-state index contributed by atoms with van der Waals surface area (Å²) >= 11 is 0. The summed E-state index contributed by atoms with van der Waals surface area (Å²) in [6.45, 7) is 7.45. The molecule has 4 nitrogen and oxygen atoms in total. The number of hydrogen-bond acceptors (Lipinski definition) is 4. The predicted molar refractivity (Wildman–Crippen MR) is 108 cm³/mol.